The fourth-order valence-corrected chi connectivity index (χ4v) is 1.21. The molecule has 0 bridgehead atoms. The first kappa shape index (κ1) is 11.4. The van der Waals surface area contributed by atoms with Crippen molar-refractivity contribution in [2.24, 2.45) is 0 Å². The van der Waals surface area contributed by atoms with E-state index >= 15 is 0 Å². The van der Waals surface area contributed by atoms with Crippen LogP contribution in [0.4, 0.5) is 4.39 Å². The average Bonchev–Trinajstić information content (AvgIpc) is 2.15. The van der Waals surface area contributed by atoms with Gasteiger partial charge in [-0.3, -0.25) is 10.2 Å². The number of rotatable bonds is 2. The second-order valence-corrected chi connectivity index (χ2v) is 3.49. The fraction of sp³-hybridized carbons (Fsp3) is 0.273. The van der Waals surface area contributed by atoms with Crippen molar-refractivity contribution in [3.05, 3.63) is 35.1 Å². The van der Waals surface area contributed by atoms with Crippen LogP contribution in [0.3, 0.4) is 0 Å². The van der Waals surface area contributed by atoms with E-state index < -0.39 is 5.82 Å². The second-order valence-electron chi connectivity index (χ2n) is 3.49. The molecule has 1 N–H and O–H groups in total. The van der Waals surface area contributed by atoms with E-state index in [0.29, 0.717) is 5.56 Å². The van der Waals surface area contributed by atoms with Gasteiger partial charge in [-0.15, -0.1) is 0 Å². The molecule has 0 aromatic heterocycles. The van der Waals surface area contributed by atoms with Gasteiger partial charge in [-0.1, -0.05) is 6.07 Å². The maximum absolute atomic E-state index is 13.4. The lowest BCUT2D eigenvalue weighted by atomic mass is 10.1. The summed E-state index contributed by atoms with van der Waals surface area (Å²) in [5, 5.41) is 7.63. The monoisotopic (exact) mass is 208 g/mol. The van der Waals surface area contributed by atoms with Crippen LogP contribution in [0.2, 0.25) is 0 Å². The molecule has 0 atom stereocenters. The number of benzene rings is 1. The Labute approximate surface area is 88.0 Å². The SMILES string of the molecule is CC(=O)c1ccc(C(=N)N(C)C)cc1F. The third-order valence-electron chi connectivity index (χ3n) is 2.07. The summed E-state index contributed by atoms with van der Waals surface area (Å²) >= 11 is 0. The number of nitrogens with zero attached hydrogens (tertiary/aromatic N) is 1. The standard InChI is InChI=1S/C11H13FN2O/c1-7(15)9-5-4-8(6-10(9)12)11(13)14(2)3/h4-6,13H,1-3H3. The van der Waals surface area contributed by atoms with Crippen LogP contribution in [0.5, 0.6) is 0 Å². The third-order valence-corrected chi connectivity index (χ3v) is 2.07. The zero-order chi connectivity index (χ0) is 11.6. The van der Waals surface area contributed by atoms with Gasteiger partial charge < -0.3 is 4.90 Å². The normalized spacial score (nSPS) is 9.87. The summed E-state index contributed by atoms with van der Waals surface area (Å²) < 4.78 is 13.4. The number of nitrogens with one attached hydrogen (secondary N) is 1. The van der Waals surface area contributed by atoms with Crippen LogP contribution >= 0.6 is 0 Å². The topological polar surface area (TPSA) is 44.2 Å². The third kappa shape index (κ3) is 2.40. The molecule has 0 heterocycles. The van der Waals surface area contributed by atoms with Crippen molar-refractivity contribution in [1.29, 1.82) is 5.41 Å². The minimum Gasteiger partial charge on any atom is -0.363 e. The predicted octanol–water partition coefficient (Wildman–Crippen LogP) is 1.92. The number of hydrogen-bond donors (Lipinski definition) is 1. The molecule has 0 radical (unpaired) electrons. The highest BCUT2D eigenvalue weighted by Gasteiger charge is 2.10. The number of ketones is 1. The Kier molecular flexibility index (Phi) is 3.19. The number of carbonyl (C=O) groups is 1. The lowest BCUT2D eigenvalue weighted by molar-refractivity contribution is 0.101. The van der Waals surface area contributed by atoms with E-state index in [9.17, 15) is 9.18 Å². The summed E-state index contributed by atoms with van der Waals surface area (Å²) in [5.41, 5.74) is 0.521. The summed E-state index contributed by atoms with van der Waals surface area (Å²) in [5.74, 6) is -0.675. The molecule has 1 aromatic carbocycles. The Morgan fingerprint density at radius 3 is 2.40 bits per heavy atom. The van der Waals surface area contributed by atoms with E-state index in [4.69, 9.17) is 5.41 Å². The highest BCUT2D eigenvalue weighted by atomic mass is 19.1. The summed E-state index contributed by atoms with van der Waals surface area (Å²) in [6, 6.07) is 4.19. The Morgan fingerprint density at radius 2 is 2.00 bits per heavy atom. The van der Waals surface area contributed by atoms with Gasteiger partial charge in [-0.2, -0.15) is 0 Å². The van der Waals surface area contributed by atoms with Crippen molar-refractivity contribution >= 4 is 11.6 Å². The van der Waals surface area contributed by atoms with Crippen LogP contribution in [-0.2, 0) is 0 Å². The number of carbonyl (C=O) groups excluding carboxylic acids is 1. The van der Waals surface area contributed by atoms with Gasteiger partial charge in [0, 0.05) is 19.7 Å². The Bertz CT molecular complexity index is 413. The molecule has 15 heavy (non-hydrogen) atoms. The van der Waals surface area contributed by atoms with Gasteiger partial charge in [-0.05, 0) is 19.1 Å². The number of Topliss-reactive ketones (excluding diaryl/α,β-unsaturated/α-hetero) is 1. The molecule has 0 spiro atoms. The predicted molar refractivity (Wildman–Crippen MR) is 56.9 cm³/mol. The smallest absolute Gasteiger partial charge is 0.162 e. The highest BCUT2D eigenvalue weighted by Crippen LogP contribution is 2.12. The van der Waals surface area contributed by atoms with Crippen LogP contribution in [0.25, 0.3) is 0 Å². The van der Waals surface area contributed by atoms with Crippen LogP contribution < -0.4 is 0 Å². The van der Waals surface area contributed by atoms with Crippen molar-refractivity contribution in [3.8, 4) is 0 Å². The minimum absolute atomic E-state index is 0.0605. The zero-order valence-corrected chi connectivity index (χ0v) is 8.97. The molecular weight excluding hydrogens is 195 g/mol. The van der Waals surface area contributed by atoms with E-state index in [1.54, 1.807) is 25.1 Å². The molecule has 1 aromatic rings. The van der Waals surface area contributed by atoms with Crippen molar-refractivity contribution in [2.45, 2.75) is 6.92 Å². The second kappa shape index (κ2) is 4.21. The molecule has 0 amide bonds. The average molecular weight is 208 g/mol. The quantitative estimate of drug-likeness (QED) is 0.458. The van der Waals surface area contributed by atoms with Crippen molar-refractivity contribution < 1.29 is 9.18 Å². The van der Waals surface area contributed by atoms with E-state index in [2.05, 4.69) is 0 Å². The van der Waals surface area contributed by atoms with Crippen molar-refractivity contribution in [3.63, 3.8) is 0 Å². The van der Waals surface area contributed by atoms with Crippen LogP contribution in [-0.4, -0.2) is 30.6 Å². The first-order valence-corrected chi connectivity index (χ1v) is 4.50. The summed E-state index contributed by atoms with van der Waals surface area (Å²) in [6.45, 7) is 1.31. The van der Waals surface area contributed by atoms with Crippen molar-refractivity contribution in [1.82, 2.24) is 4.90 Å². The molecule has 3 nitrogen and oxygen atoms in total. The van der Waals surface area contributed by atoms with Gasteiger partial charge in [0.2, 0.25) is 0 Å². The summed E-state index contributed by atoms with van der Waals surface area (Å²) in [7, 11) is 3.41. The van der Waals surface area contributed by atoms with Crippen LogP contribution in [0.1, 0.15) is 22.8 Å². The number of amidine groups is 1. The van der Waals surface area contributed by atoms with Crippen molar-refractivity contribution in [2.75, 3.05) is 14.1 Å². The first-order chi connectivity index (χ1) is 6.93. The lowest BCUT2D eigenvalue weighted by Gasteiger charge is -2.13. The maximum atomic E-state index is 13.4. The van der Waals surface area contributed by atoms with Crippen LogP contribution in [0.15, 0.2) is 18.2 Å². The Hall–Kier alpha value is -1.71. The molecule has 0 saturated heterocycles. The van der Waals surface area contributed by atoms with Gasteiger partial charge in [0.1, 0.15) is 11.7 Å². The molecular formula is C11H13FN2O. The van der Waals surface area contributed by atoms with E-state index in [1.807, 2.05) is 0 Å². The number of halogens is 1. The van der Waals surface area contributed by atoms with Gasteiger partial charge >= 0.3 is 0 Å². The molecule has 0 aliphatic heterocycles. The molecule has 0 fully saturated rings. The summed E-state index contributed by atoms with van der Waals surface area (Å²) in [6.07, 6.45) is 0. The molecule has 1 rings (SSSR count). The zero-order valence-electron chi connectivity index (χ0n) is 8.97. The molecule has 80 valence electrons. The van der Waals surface area contributed by atoms with E-state index in [0.717, 1.165) is 0 Å². The molecule has 0 unspecified atom stereocenters. The minimum atomic E-state index is -0.577. The van der Waals surface area contributed by atoms with Gasteiger partial charge in [0.05, 0.1) is 5.56 Å². The van der Waals surface area contributed by atoms with Gasteiger partial charge in [0.15, 0.2) is 5.78 Å². The maximum Gasteiger partial charge on any atom is 0.162 e. The lowest BCUT2D eigenvalue weighted by Crippen LogP contribution is -2.22. The highest BCUT2D eigenvalue weighted by molar-refractivity contribution is 5.98. The van der Waals surface area contributed by atoms with E-state index in [1.165, 1.54) is 19.1 Å². The van der Waals surface area contributed by atoms with Gasteiger partial charge in [-0.25, -0.2) is 4.39 Å². The molecule has 0 aliphatic carbocycles. The molecule has 0 saturated carbocycles. The molecule has 4 heteroatoms. The largest absolute Gasteiger partial charge is 0.363 e. The van der Waals surface area contributed by atoms with Crippen LogP contribution in [0, 0.1) is 11.2 Å². The van der Waals surface area contributed by atoms with Gasteiger partial charge in [0.25, 0.3) is 0 Å². The molecule has 0 aliphatic rings. The first-order valence-electron chi connectivity index (χ1n) is 4.50. The Balaban J connectivity index is 3.12. The fourth-order valence-electron chi connectivity index (χ4n) is 1.21. The van der Waals surface area contributed by atoms with E-state index in [-0.39, 0.29) is 17.2 Å². The Morgan fingerprint density at radius 1 is 1.40 bits per heavy atom. The summed E-state index contributed by atoms with van der Waals surface area (Å²) in [4.78, 5) is 12.5. The number of hydrogen-bond acceptors (Lipinski definition) is 2.